The number of nitrogens with zero attached hydrogens (tertiary/aromatic N) is 2. The van der Waals surface area contributed by atoms with Crippen molar-refractivity contribution in [1.82, 2.24) is 0 Å². The molecular weight excluding hydrogens is 268 g/mol. The molecule has 1 aliphatic rings. The molecule has 0 saturated carbocycles. The van der Waals surface area contributed by atoms with E-state index in [-0.39, 0.29) is 0 Å². The minimum atomic E-state index is -3.37. The van der Waals surface area contributed by atoms with Crippen molar-refractivity contribution in [2.45, 2.75) is 6.42 Å². The molecule has 102 valence electrons. The summed E-state index contributed by atoms with van der Waals surface area (Å²) < 4.78 is 22.4. The summed E-state index contributed by atoms with van der Waals surface area (Å²) in [5.74, 6) is -0.987. The summed E-state index contributed by atoms with van der Waals surface area (Å²) >= 11 is 0. The maximum absolute atomic E-state index is 12.0. The van der Waals surface area contributed by atoms with Crippen LogP contribution in [0.1, 0.15) is 12.0 Å². The van der Waals surface area contributed by atoms with Crippen molar-refractivity contribution in [3.05, 3.63) is 29.8 Å². The number of para-hydroxylation sites is 1. The van der Waals surface area contributed by atoms with E-state index in [2.05, 4.69) is 5.16 Å². The van der Waals surface area contributed by atoms with Gasteiger partial charge >= 0.3 is 0 Å². The SMILES string of the molecule is CS(=O)(=O)CC(=O)N1CCC(=NO)c2ccccc21. The van der Waals surface area contributed by atoms with E-state index in [4.69, 9.17) is 5.21 Å². The van der Waals surface area contributed by atoms with Crippen LogP contribution in [0.3, 0.4) is 0 Å². The first kappa shape index (κ1) is 13.5. The minimum Gasteiger partial charge on any atom is -0.411 e. The van der Waals surface area contributed by atoms with Gasteiger partial charge < -0.3 is 10.1 Å². The van der Waals surface area contributed by atoms with E-state index in [1.54, 1.807) is 24.3 Å². The molecule has 1 aromatic carbocycles. The van der Waals surface area contributed by atoms with Crippen molar-refractivity contribution in [2.24, 2.45) is 5.16 Å². The summed E-state index contributed by atoms with van der Waals surface area (Å²) in [6, 6.07) is 6.97. The molecule has 2 rings (SSSR count). The van der Waals surface area contributed by atoms with Crippen LogP contribution in [0.25, 0.3) is 0 Å². The van der Waals surface area contributed by atoms with Gasteiger partial charge in [-0.25, -0.2) is 8.42 Å². The fourth-order valence-electron chi connectivity index (χ4n) is 2.09. The molecule has 0 radical (unpaired) electrons. The third-order valence-electron chi connectivity index (χ3n) is 2.89. The van der Waals surface area contributed by atoms with Gasteiger partial charge in [0.05, 0.1) is 11.4 Å². The number of carbonyl (C=O) groups excluding carboxylic acids is 1. The maximum Gasteiger partial charge on any atom is 0.242 e. The van der Waals surface area contributed by atoms with E-state index in [0.717, 1.165) is 6.26 Å². The highest BCUT2D eigenvalue weighted by Crippen LogP contribution is 2.27. The molecule has 0 unspecified atom stereocenters. The van der Waals surface area contributed by atoms with Gasteiger partial charge in [-0.15, -0.1) is 0 Å². The number of hydrogen-bond donors (Lipinski definition) is 1. The van der Waals surface area contributed by atoms with Crippen LogP contribution in [0.5, 0.6) is 0 Å². The second-order valence-corrected chi connectivity index (χ2v) is 6.57. The van der Waals surface area contributed by atoms with Crippen LogP contribution >= 0.6 is 0 Å². The Balaban J connectivity index is 2.38. The van der Waals surface area contributed by atoms with Crippen molar-refractivity contribution in [3.8, 4) is 0 Å². The summed E-state index contributed by atoms with van der Waals surface area (Å²) in [7, 11) is -3.37. The highest BCUT2D eigenvalue weighted by atomic mass is 32.2. The number of sulfone groups is 1. The fourth-order valence-corrected chi connectivity index (χ4v) is 2.70. The monoisotopic (exact) mass is 282 g/mol. The standard InChI is InChI=1S/C12H14N2O4S/c1-19(17,18)8-12(15)14-7-6-10(13-16)9-4-2-3-5-11(9)14/h2-5,16H,6-8H2,1H3. The Morgan fingerprint density at radius 3 is 2.74 bits per heavy atom. The van der Waals surface area contributed by atoms with Crippen molar-refractivity contribution >= 4 is 27.1 Å². The molecule has 1 heterocycles. The van der Waals surface area contributed by atoms with Gasteiger partial charge in [-0.1, -0.05) is 23.4 Å². The van der Waals surface area contributed by atoms with Gasteiger partial charge in [0.25, 0.3) is 0 Å². The Morgan fingerprint density at radius 1 is 1.42 bits per heavy atom. The van der Waals surface area contributed by atoms with Gasteiger partial charge in [-0.3, -0.25) is 4.79 Å². The molecule has 0 bridgehead atoms. The van der Waals surface area contributed by atoms with E-state index in [9.17, 15) is 13.2 Å². The second kappa shape index (κ2) is 5.00. The van der Waals surface area contributed by atoms with Gasteiger partial charge in [-0.2, -0.15) is 0 Å². The van der Waals surface area contributed by atoms with Crippen LogP contribution in [0.15, 0.2) is 29.4 Å². The lowest BCUT2D eigenvalue weighted by atomic mass is 10.00. The third kappa shape index (κ3) is 2.93. The number of hydrogen-bond acceptors (Lipinski definition) is 5. The lowest BCUT2D eigenvalue weighted by Gasteiger charge is -2.29. The predicted molar refractivity (Wildman–Crippen MR) is 71.4 cm³/mol. The van der Waals surface area contributed by atoms with Crippen LogP contribution in [0.2, 0.25) is 0 Å². The lowest BCUT2D eigenvalue weighted by Crippen LogP contribution is -2.40. The average Bonchev–Trinajstić information content (AvgIpc) is 2.35. The third-order valence-corrected chi connectivity index (χ3v) is 3.66. The Morgan fingerprint density at radius 2 is 2.11 bits per heavy atom. The number of amides is 1. The summed E-state index contributed by atoms with van der Waals surface area (Å²) in [5.41, 5.74) is 1.73. The molecule has 1 aliphatic heterocycles. The molecule has 19 heavy (non-hydrogen) atoms. The first-order valence-corrected chi connectivity index (χ1v) is 7.77. The largest absolute Gasteiger partial charge is 0.411 e. The molecule has 0 spiro atoms. The smallest absolute Gasteiger partial charge is 0.242 e. The Bertz CT molecular complexity index is 637. The summed E-state index contributed by atoms with van der Waals surface area (Å²) in [4.78, 5) is 13.4. The van der Waals surface area contributed by atoms with Crippen LogP contribution in [0, 0.1) is 0 Å². The predicted octanol–water partition coefficient (Wildman–Crippen LogP) is 0.646. The first-order valence-electron chi connectivity index (χ1n) is 5.71. The highest BCUT2D eigenvalue weighted by molar-refractivity contribution is 7.91. The van der Waals surface area contributed by atoms with Crippen LogP contribution < -0.4 is 4.90 Å². The van der Waals surface area contributed by atoms with E-state index in [0.29, 0.717) is 29.9 Å². The van der Waals surface area contributed by atoms with Crippen LogP contribution in [0.4, 0.5) is 5.69 Å². The van der Waals surface area contributed by atoms with Crippen molar-refractivity contribution in [1.29, 1.82) is 0 Å². The maximum atomic E-state index is 12.0. The number of oxime groups is 1. The molecule has 0 atom stereocenters. The zero-order valence-electron chi connectivity index (χ0n) is 10.4. The molecule has 1 N–H and O–H groups in total. The Hall–Kier alpha value is -1.89. The van der Waals surface area contributed by atoms with Crippen LogP contribution in [-0.2, 0) is 14.6 Å². The van der Waals surface area contributed by atoms with Gasteiger partial charge in [0.1, 0.15) is 5.75 Å². The molecule has 1 aromatic rings. The summed E-state index contributed by atoms with van der Waals surface area (Å²) in [6.45, 7) is 0.310. The van der Waals surface area contributed by atoms with Gasteiger partial charge in [0, 0.05) is 24.8 Å². The number of carbonyl (C=O) groups is 1. The normalized spacial score (nSPS) is 17.3. The zero-order valence-corrected chi connectivity index (χ0v) is 11.2. The molecule has 0 aliphatic carbocycles. The first-order chi connectivity index (χ1) is 8.92. The molecule has 0 fully saturated rings. The van der Waals surface area contributed by atoms with E-state index in [1.807, 2.05) is 0 Å². The Kier molecular flexibility index (Phi) is 3.57. The molecular formula is C12H14N2O4S. The average molecular weight is 282 g/mol. The van der Waals surface area contributed by atoms with Crippen molar-refractivity contribution in [3.63, 3.8) is 0 Å². The topological polar surface area (TPSA) is 87.0 Å². The molecule has 7 heteroatoms. The molecule has 1 amide bonds. The highest BCUT2D eigenvalue weighted by Gasteiger charge is 2.27. The molecule has 0 aromatic heterocycles. The number of anilines is 1. The van der Waals surface area contributed by atoms with Crippen molar-refractivity contribution < 1.29 is 18.4 Å². The zero-order chi connectivity index (χ0) is 14.0. The van der Waals surface area contributed by atoms with Crippen LogP contribution in [-0.4, -0.2) is 43.8 Å². The number of fused-ring (bicyclic) bond motifs is 1. The second-order valence-electron chi connectivity index (χ2n) is 4.43. The summed E-state index contributed by atoms with van der Waals surface area (Å²) in [6.07, 6.45) is 1.42. The summed E-state index contributed by atoms with van der Waals surface area (Å²) in [5, 5.41) is 12.2. The van der Waals surface area contributed by atoms with Gasteiger partial charge in [0.2, 0.25) is 5.91 Å². The molecule has 0 saturated heterocycles. The molecule has 6 nitrogen and oxygen atoms in total. The fraction of sp³-hybridized carbons (Fsp3) is 0.333. The van der Waals surface area contributed by atoms with E-state index < -0.39 is 21.5 Å². The van der Waals surface area contributed by atoms with Crippen molar-refractivity contribution in [2.75, 3.05) is 23.5 Å². The van der Waals surface area contributed by atoms with E-state index >= 15 is 0 Å². The minimum absolute atomic E-state index is 0.310. The van der Waals surface area contributed by atoms with E-state index in [1.165, 1.54) is 4.90 Å². The van der Waals surface area contributed by atoms with Gasteiger partial charge in [0.15, 0.2) is 9.84 Å². The Labute approximate surface area is 111 Å². The quantitative estimate of drug-likeness (QED) is 0.637. The van der Waals surface area contributed by atoms with Gasteiger partial charge in [-0.05, 0) is 6.07 Å². The number of benzene rings is 1. The number of rotatable bonds is 2. The lowest BCUT2D eigenvalue weighted by molar-refractivity contribution is -0.116.